The maximum atomic E-state index is 13.0. The normalized spacial score (nSPS) is 24.7. The number of rotatable bonds is 3. The Labute approximate surface area is 163 Å². The minimum Gasteiger partial charge on any atom is -0.462 e. The van der Waals surface area contributed by atoms with Gasteiger partial charge in [0.1, 0.15) is 12.0 Å². The Balaban J connectivity index is 1.85. The van der Waals surface area contributed by atoms with Crippen LogP contribution in [-0.4, -0.2) is 18.0 Å². The highest BCUT2D eigenvalue weighted by atomic mass is 35.5. The Morgan fingerprint density at radius 3 is 2.54 bits per heavy atom. The number of amides is 1. The van der Waals surface area contributed by atoms with Crippen molar-refractivity contribution in [2.45, 2.75) is 57.0 Å². The molecule has 6 heteroatoms. The van der Waals surface area contributed by atoms with Gasteiger partial charge in [0.05, 0.1) is 10.0 Å². The highest BCUT2D eigenvalue weighted by Gasteiger charge is 2.41. The maximum Gasteiger partial charge on any atom is 0.315 e. The van der Waals surface area contributed by atoms with E-state index in [2.05, 4.69) is 11.9 Å². The van der Waals surface area contributed by atoms with Crippen LogP contribution in [0.5, 0.6) is 0 Å². The van der Waals surface area contributed by atoms with Crippen LogP contribution in [0, 0.1) is 5.92 Å². The molecular weight excluding hydrogens is 373 g/mol. The van der Waals surface area contributed by atoms with Gasteiger partial charge in [-0.25, -0.2) is 0 Å². The Morgan fingerprint density at radius 1 is 1.15 bits per heavy atom. The fourth-order valence-corrected chi connectivity index (χ4v) is 4.32. The van der Waals surface area contributed by atoms with Crippen LogP contribution in [0.1, 0.15) is 56.4 Å². The third kappa shape index (κ3) is 4.24. The van der Waals surface area contributed by atoms with Crippen LogP contribution in [0.4, 0.5) is 0 Å². The zero-order valence-electron chi connectivity index (χ0n) is 14.6. The Bertz CT molecular complexity index is 711. The zero-order valence-corrected chi connectivity index (χ0v) is 16.1. The molecule has 0 aromatic heterocycles. The van der Waals surface area contributed by atoms with Gasteiger partial charge in [-0.3, -0.25) is 9.59 Å². The highest BCUT2D eigenvalue weighted by molar-refractivity contribution is 6.42. The Morgan fingerprint density at radius 2 is 1.85 bits per heavy atom. The van der Waals surface area contributed by atoms with E-state index in [-0.39, 0.29) is 24.4 Å². The molecule has 1 aromatic carbocycles. The first-order valence-corrected chi connectivity index (χ1v) is 9.86. The van der Waals surface area contributed by atoms with E-state index in [1.54, 1.807) is 18.2 Å². The van der Waals surface area contributed by atoms with Crippen LogP contribution in [0.15, 0.2) is 30.5 Å². The summed E-state index contributed by atoms with van der Waals surface area (Å²) in [5.41, 5.74) is 1.04. The summed E-state index contributed by atoms with van der Waals surface area (Å²) in [5, 5.41) is 3.45. The van der Waals surface area contributed by atoms with E-state index >= 15 is 0 Å². The predicted octanol–water partition coefficient (Wildman–Crippen LogP) is 4.99. The number of hydrogen-bond donors (Lipinski definition) is 1. The van der Waals surface area contributed by atoms with Gasteiger partial charge in [-0.05, 0) is 37.3 Å². The van der Waals surface area contributed by atoms with Crippen LogP contribution in [0.2, 0.25) is 10.0 Å². The monoisotopic (exact) mass is 395 g/mol. The van der Waals surface area contributed by atoms with Gasteiger partial charge in [0.2, 0.25) is 5.91 Å². The summed E-state index contributed by atoms with van der Waals surface area (Å²) in [7, 11) is 0. The summed E-state index contributed by atoms with van der Waals surface area (Å²) in [5.74, 6) is -1.62. The average molecular weight is 396 g/mol. The topological polar surface area (TPSA) is 55.4 Å². The molecule has 2 atom stereocenters. The van der Waals surface area contributed by atoms with Gasteiger partial charge in [0, 0.05) is 18.0 Å². The zero-order chi connectivity index (χ0) is 18.7. The van der Waals surface area contributed by atoms with Crippen LogP contribution in [0.25, 0.3) is 0 Å². The second kappa shape index (κ2) is 8.45. The van der Waals surface area contributed by atoms with E-state index < -0.39 is 11.8 Å². The first-order chi connectivity index (χ1) is 12.5. The van der Waals surface area contributed by atoms with E-state index in [1.807, 2.05) is 0 Å². The lowest BCUT2D eigenvalue weighted by atomic mass is 9.79. The lowest BCUT2D eigenvalue weighted by molar-refractivity contribution is -0.155. The fourth-order valence-electron chi connectivity index (χ4n) is 3.87. The molecule has 1 aliphatic carbocycles. The van der Waals surface area contributed by atoms with Gasteiger partial charge < -0.3 is 10.1 Å². The van der Waals surface area contributed by atoms with E-state index in [0.29, 0.717) is 21.3 Å². The van der Waals surface area contributed by atoms with Crippen LogP contribution in [-0.2, 0) is 14.3 Å². The van der Waals surface area contributed by atoms with Crippen LogP contribution in [0.3, 0.4) is 0 Å². The standard InChI is InChI=1S/C20H23Cl2NO3/c1-12-18(20(25)26-13-7-4-2-3-5-8-13)15(11-17(24)23-12)14-9-6-10-16(21)19(14)22/h6,9-10,13,15,18H,1-5,7-8,11H2,(H,23,24). The van der Waals surface area contributed by atoms with E-state index in [9.17, 15) is 9.59 Å². The van der Waals surface area contributed by atoms with Crippen molar-refractivity contribution in [3.63, 3.8) is 0 Å². The third-order valence-corrected chi connectivity index (χ3v) is 6.04. The van der Waals surface area contributed by atoms with Gasteiger partial charge in [-0.1, -0.05) is 54.8 Å². The molecule has 1 aromatic rings. The number of halogens is 2. The van der Waals surface area contributed by atoms with Crippen molar-refractivity contribution in [3.8, 4) is 0 Å². The van der Waals surface area contributed by atoms with Crippen LogP contribution >= 0.6 is 23.2 Å². The van der Waals surface area contributed by atoms with Crippen molar-refractivity contribution in [1.29, 1.82) is 0 Å². The maximum absolute atomic E-state index is 13.0. The van der Waals surface area contributed by atoms with Crippen molar-refractivity contribution in [1.82, 2.24) is 5.32 Å². The van der Waals surface area contributed by atoms with E-state index in [4.69, 9.17) is 27.9 Å². The number of carbonyl (C=O) groups is 2. The van der Waals surface area contributed by atoms with Gasteiger partial charge >= 0.3 is 5.97 Å². The first-order valence-electron chi connectivity index (χ1n) is 9.10. The lowest BCUT2D eigenvalue weighted by Crippen LogP contribution is -2.42. The van der Waals surface area contributed by atoms with Gasteiger partial charge in [0.15, 0.2) is 0 Å². The minimum atomic E-state index is -0.660. The van der Waals surface area contributed by atoms with Crippen molar-refractivity contribution in [3.05, 3.63) is 46.1 Å². The smallest absolute Gasteiger partial charge is 0.315 e. The molecule has 0 radical (unpaired) electrons. The molecule has 140 valence electrons. The summed E-state index contributed by atoms with van der Waals surface area (Å²) in [6.45, 7) is 3.90. The number of nitrogens with one attached hydrogen (secondary N) is 1. The molecule has 26 heavy (non-hydrogen) atoms. The second-order valence-corrected chi connectivity index (χ2v) is 7.84. The van der Waals surface area contributed by atoms with Crippen molar-refractivity contribution in [2.75, 3.05) is 0 Å². The molecule has 1 heterocycles. The molecule has 2 aliphatic rings. The molecule has 0 spiro atoms. The number of benzene rings is 1. The van der Waals surface area contributed by atoms with Crippen LogP contribution < -0.4 is 5.32 Å². The highest BCUT2D eigenvalue weighted by Crippen LogP contribution is 2.41. The minimum absolute atomic E-state index is 0.0640. The van der Waals surface area contributed by atoms with E-state index in [1.165, 1.54) is 12.8 Å². The number of hydrogen-bond acceptors (Lipinski definition) is 3. The quantitative estimate of drug-likeness (QED) is 0.578. The molecule has 1 N–H and O–H groups in total. The molecule has 3 rings (SSSR count). The van der Waals surface area contributed by atoms with Gasteiger partial charge in [-0.2, -0.15) is 0 Å². The fraction of sp³-hybridized carbons (Fsp3) is 0.500. The second-order valence-electron chi connectivity index (χ2n) is 7.06. The summed E-state index contributed by atoms with van der Waals surface area (Å²) in [4.78, 5) is 25.0. The van der Waals surface area contributed by atoms with Crippen molar-refractivity contribution < 1.29 is 14.3 Å². The number of ether oxygens (including phenoxy) is 1. The molecular formula is C20H23Cl2NO3. The summed E-state index contributed by atoms with van der Waals surface area (Å²) < 4.78 is 5.81. The number of esters is 1. The molecule has 2 fully saturated rings. The largest absolute Gasteiger partial charge is 0.462 e. The predicted molar refractivity (Wildman–Crippen MR) is 102 cm³/mol. The summed E-state index contributed by atoms with van der Waals surface area (Å²) in [6.07, 6.45) is 6.37. The number of carbonyl (C=O) groups excluding carboxylic acids is 2. The molecule has 0 bridgehead atoms. The third-order valence-electron chi connectivity index (χ3n) is 5.20. The summed E-state index contributed by atoms with van der Waals surface area (Å²) in [6, 6.07) is 5.26. The SMILES string of the molecule is C=C1NC(=O)CC(c2cccc(Cl)c2Cl)C1C(=O)OC1CCCCCC1. The molecule has 2 unspecified atom stereocenters. The molecule has 1 aliphatic heterocycles. The van der Waals surface area contributed by atoms with Crippen molar-refractivity contribution in [2.24, 2.45) is 5.92 Å². The molecule has 4 nitrogen and oxygen atoms in total. The lowest BCUT2D eigenvalue weighted by Gasteiger charge is -2.33. The number of piperidine rings is 1. The van der Waals surface area contributed by atoms with E-state index in [0.717, 1.165) is 25.7 Å². The average Bonchev–Trinajstić information content (AvgIpc) is 2.85. The first kappa shape index (κ1) is 19.2. The van der Waals surface area contributed by atoms with Gasteiger partial charge in [0.25, 0.3) is 0 Å². The Hall–Kier alpha value is -1.52. The molecule has 1 saturated heterocycles. The Kier molecular flexibility index (Phi) is 6.25. The molecule has 1 amide bonds. The van der Waals surface area contributed by atoms with Crippen molar-refractivity contribution >= 4 is 35.1 Å². The summed E-state index contributed by atoms with van der Waals surface area (Å²) >= 11 is 12.5. The molecule has 1 saturated carbocycles. The van der Waals surface area contributed by atoms with Gasteiger partial charge in [-0.15, -0.1) is 0 Å².